The molecule has 0 saturated heterocycles. The number of alkyl halides is 2. The van der Waals surface area contributed by atoms with Crippen LogP contribution in [0, 0.1) is 12.8 Å². The maximum atomic E-state index is 14.0. The number of halogens is 2. The molecule has 0 aliphatic heterocycles. The van der Waals surface area contributed by atoms with Crippen molar-refractivity contribution in [3.05, 3.63) is 42.2 Å². The second kappa shape index (κ2) is 8.62. The largest absolute Gasteiger partial charge is 0.493 e. The number of ether oxygens (including phenoxy) is 2. The van der Waals surface area contributed by atoms with Gasteiger partial charge in [-0.3, -0.25) is 0 Å². The van der Waals surface area contributed by atoms with Crippen LogP contribution in [0.15, 0.2) is 36.7 Å². The number of aryl methyl sites for hydroxylation is 1. The molecule has 1 aliphatic carbocycles. The molecule has 164 valence electrons. The summed E-state index contributed by atoms with van der Waals surface area (Å²) in [6.45, 7) is 7.50. The Labute approximate surface area is 175 Å². The highest BCUT2D eigenvalue weighted by atomic mass is 19.3. The Morgan fingerprint density at radius 3 is 2.60 bits per heavy atom. The summed E-state index contributed by atoms with van der Waals surface area (Å²) in [7, 11) is 0. The summed E-state index contributed by atoms with van der Waals surface area (Å²) in [5.74, 6) is -2.81. The fourth-order valence-electron chi connectivity index (χ4n) is 3.45. The van der Waals surface area contributed by atoms with E-state index in [1.165, 1.54) is 0 Å². The standard InChI is InChI=1S/C22H29F2N3O3/c1-15-12-25-27(13-15)17-5-7-18(8-6-17)29-14-16-11-22(23,24)10-9-19(16)30-20(28)26-21(2,3)4/h5-8,12-13,16,19H,9-11,14H2,1-4H3,(H,26,28). The first-order chi connectivity index (χ1) is 14.0. The van der Waals surface area contributed by atoms with E-state index in [-0.39, 0.29) is 25.9 Å². The summed E-state index contributed by atoms with van der Waals surface area (Å²) in [4.78, 5) is 12.1. The lowest BCUT2D eigenvalue weighted by Crippen LogP contribution is -2.46. The van der Waals surface area contributed by atoms with E-state index in [1.807, 2.05) is 46.0 Å². The molecule has 30 heavy (non-hydrogen) atoms. The van der Waals surface area contributed by atoms with Gasteiger partial charge in [-0.2, -0.15) is 5.10 Å². The van der Waals surface area contributed by atoms with E-state index in [0.717, 1.165) is 11.3 Å². The van der Waals surface area contributed by atoms with E-state index in [1.54, 1.807) is 23.0 Å². The van der Waals surface area contributed by atoms with Gasteiger partial charge in [-0.15, -0.1) is 0 Å². The molecule has 1 aliphatic rings. The molecule has 1 saturated carbocycles. The van der Waals surface area contributed by atoms with E-state index in [4.69, 9.17) is 9.47 Å². The van der Waals surface area contributed by atoms with Crippen LogP contribution in [0.1, 0.15) is 45.6 Å². The molecule has 0 radical (unpaired) electrons. The summed E-state index contributed by atoms with van der Waals surface area (Å²) in [5.41, 5.74) is 1.46. The predicted octanol–water partition coefficient (Wildman–Crippen LogP) is 4.89. The first-order valence-corrected chi connectivity index (χ1v) is 10.1. The van der Waals surface area contributed by atoms with Crippen molar-refractivity contribution in [2.24, 2.45) is 5.92 Å². The molecule has 6 nitrogen and oxygen atoms in total. The molecule has 2 unspecified atom stereocenters. The van der Waals surface area contributed by atoms with E-state index in [9.17, 15) is 13.6 Å². The number of rotatable bonds is 5. The first kappa shape index (κ1) is 22.1. The van der Waals surface area contributed by atoms with Gasteiger partial charge in [0.2, 0.25) is 5.92 Å². The Morgan fingerprint density at radius 2 is 2.00 bits per heavy atom. The number of carbonyl (C=O) groups is 1. The van der Waals surface area contributed by atoms with Crippen molar-refractivity contribution in [2.45, 2.75) is 64.5 Å². The number of nitrogens with zero attached hydrogens (tertiary/aromatic N) is 2. The second-order valence-corrected chi connectivity index (χ2v) is 8.94. The topological polar surface area (TPSA) is 65.4 Å². The summed E-state index contributed by atoms with van der Waals surface area (Å²) < 4.78 is 41.0. The van der Waals surface area contributed by atoms with Gasteiger partial charge in [0, 0.05) is 30.5 Å². The molecule has 1 aromatic carbocycles. The van der Waals surface area contributed by atoms with Crippen molar-refractivity contribution in [3.8, 4) is 11.4 Å². The Morgan fingerprint density at radius 1 is 1.30 bits per heavy atom. The van der Waals surface area contributed by atoms with Crippen molar-refractivity contribution in [1.29, 1.82) is 0 Å². The normalized spacial score (nSPS) is 21.1. The maximum Gasteiger partial charge on any atom is 0.407 e. The monoisotopic (exact) mass is 421 g/mol. The molecular weight excluding hydrogens is 392 g/mol. The molecule has 2 atom stereocenters. The molecule has 1 N–H and O–H groups in total. The zero-order chi connectivity index (χ0) is 21.9. The van der Waals surface area contributed by atoms with Gasteiger partial charge in [0.25, 0.3) is 0 Å². The van der Waals surface area contributed by atoms with Crippen molar-refractivity contribution in [3.63, 3.8) is 0 Å². The third kappa shape index (κ3) is 6.18. The summed E-state index contributed by atoms with van der Waals surface area (Å²) in [6.07, 6.45) is 1.91. The van der Waals surface area contributed by atoms with Gasteiger partial charge >= 0.3 is 6.09 Å². The van der Waals surface area contributed by atoms with Crippen LogP contribution in [0.25, 0.3) is 5.69 Å². The number of amides is 1. The smallest absolute Gasteiger partial charge is 0.407 e. The molecular formula is C22H29F2N3O3. The molecule has 1 fully saturated rings. The average Bonchev–Trinajstić information content (AvgIpc) is 3.07. The van der Waals surface area contributed by atoms with Crippen molar-refractivity contribution >= 4 is 6.09 Å². The minimum absolute atomic E-state index is 0.0449. The third-order valence-electron chi connectivity index (χ3n) is 4.89. The second-order valence-electron chi connectivity index (χ2n) is 8.94. The van der Waals surface area contributed by atoms with Crippen LogP contribution in [-0.4, -0.2) is 40.0 Å². The predicted molar refractivity (Wildman–Crippen MR) is 109 cm³/mol. The first-order valence-electron chi connectivity index (χ1n) is 10.1. The number of nitrogens with one attached hydrogen (secondary N) is 1. The van der Waals surface area contributed by atoms with Gasteiger partial charge in [0.15, 0.2) is 0 Å². The van der Waals surface area contributed by atoms with Crippen molar-refractivity contribution < 1.29 is 23.0 Å². The van der Waals surface area contributed by atoms with E-state index in [0.29, 0.717) is 5.75 Å². The van der Waals surface area contributed by atoms with Crippen LogP contribution in [0.4, 0.5) is 13.6 Å². The van der Waals surface area contributed by atoms with Crippen LogP contribution < -0.4 is 10.1 Å². The van der Waals surface area contributed by atoms with Crippen LogP contribution >= 0.6 is 0 Å². The van der Waals surface area contributed by atoms with Gasteiger partial charge in [-0.1, -0.05) is 0 Å². The van der Waals surface area contributed by atoms with E-state index >= 15 is 0 Å². The number of carbonyl (C=O) groups excluding carboxylic acids is 1. The summed E-state index contributed by atoms with van der Waals surface area (Å²) in [5, 5.41) is 6.96. The number of benzene rings is 1. The van der Waals surface area contributed by atoms with Gasteiger partial charge in [-0.05, 0) is 63.9 Å². The number of hydrogen-bond acceptors (Lipinski definition) is 4. The Hall–Kier alpha value is -2.64. The molecule has 3 rings (SSSR count). The number of alkyl carbamates (subject to hydrolysis) is 1. The average molecular weight is 421 g/mol. The van der Waals surface area contributed by atoms with Gasteiger partial charge in [0.05, 0.1) is 18.5 Å². The molecule has 2 aromatic rings. The lowest BCUT2D eigenvalue weighted by molar-refractivity contribution is -0.102. The lowest BCUT2D eigenvalue weighted by Gasteiger charge is -2.35. The molecule has 0 bridgehead atoms. The number of aromatic nitrogens is 2. The highest BCUT2D eigenvalue weighted by molar-refractivity contribution is 5.68. The van der Waals surface area contributed by atoms with Gasteiger partial charge < -0.3 is 14.8 Å². The minimum atomic E-state index is -2.78. The quantitative estimate of drug-likeness (QED) is 0.747. The SMILES string of the molecule is Cc1cnn(-c2ccc(OCC3CC(F)(F)CCC3OC(=O)NC(C)(C)C)cc2)c1. The highest BCUT2D eigenvalue weighted by Crippen LogP contribution is 2.38. The Balaban J connectivity index is 1.62. The minimum Gasteiger partial charge on any atom is -0.493 e. The highest BCUT2D eigenvalue weighted by Gasteiger charge is 2.43. The van der Waals surface area contributed by atoms with Crippen LogP contribution in [0.3, 0.4) is 0 Å². The molecule has 8 heteroatoms. The summed E-state index contributed by atoms with van der Waals surface area (Å²) >= 11 is 0. The molecule has 1 heterocycles. The van der Waals surface area contributed by atoms with Crippen LogP contribution in [0.2, 0.25) is 0 Å². The fourth-order valence-corrected chi connectivity index (χ4v) is 3.45. The zero-order valence-corrected chi connectivity index (χ0v) is 17.8. The molecule has 0 spiro atoms. The fraction of sp³-hybridized carbons (Fsp3) is 0.545. The van der Waals surface area contributed by atoms with Crippen LogP contribution in [0.5, 0.6) is 5.75 Å². The molecule has 1 amide bonds. The van der Waals surface area contributed by atoms with Crippen molar-refractivity contribution in [2.75, 3.05) is 6.61 Å². The maximum absolute atomic E-state index is 14.0. The molecule has 1 aromatic heterocycles. The Bertz CT molecular complexity index is 859. The zero-order valence-electron chi connectivity index (χ0n) is 17.8. The van der Waals surface area contributed by atoms with Crippen molar-refractivity contribution in [1.82, 2.24) is 15.1 Å². The third-order valence-corrected chi connectivity index (χ3v) is 4.89. The van der Waals surface area contributed by atoms with Gasteiger partial charge in [0.1, 0.15) is 11.9 Å². The number of hydrogen-bond donors (Lipinski definition) is 1. The lowest BCUT2D eigenvalue weighted by atomic mass is 9.84. The van der Waals surface area contributed by atoms with E-state index in [2.05, 4.69) is 10.4 Å². The van der Waals surface area contributed by atoms with Crippen LogP contribution in [-0.2, 0) is 4.74 Å². The summed E-state index contributed by atoms with van der Waals surface area (Å²) in [6, 6.07) is 7.25. The van der Waals surface area contributed by atoms with E-state index < -0.39 is 29.6 Å². The van der Waals surface area contributed by atoms with Gasteiger partial charge in [-0.25, -0.2) is 18.3 Å². The Kier molecular flexibility index (Phi) is 6.33.